The Morgan fingerprint density at radius 3 is 2.23 bits per heavy atom. The normalized spacial score (nSPS) is 23.0. The van der Waals surface area contributed by atoms with E-state index in [9.17, 15) is 29.2 Å². The van der Waals surface area contributed by atoms with Gasteiger partial charge in [0.15, 0.2) is 0 Å². The number of rotatable bonds is 9. The quantitative estimate of drug-likeness (QED) is 0.305. The molecule has 5 aliphatic rings. The van der Waals surface area contributed by atoms with Crippen LogP contribution in [0.25, 0.3) is 0 Å². The van der Waals surface area contributed by atoms with Gasteiger partial charge in [-0.15, -0.1) is 0 Å². The third kappa shape index (κ3) is 7.43. The van der Waals surface area contributed by atoms with E-state index in [4.69, 9.17) is 11.6 Å². The summed E-state index contributed by atoms with van der Waals surface area (Å²) in [5.74, 6) is -1.53. The number of hydrogen-bond donors (Lipinski definition) is 2. The number of hydrogen-bond acceptors (Lipinski definition) is 10. The van der Waals surface area contributed by atoms with E-state index in [1.807, 2.05) is 42.5 Å². The van der Waals surface area contributed by atoms with E-state index >= 15 is 0 Å². The molecular weight excluding hydrogens is 732 g/mol. The first-order valence-corrected chi connectivity index (χ1v) is 19.9. The number of imide groups is 2. The van der Waals surface area contributed by atoms with Gasteiger partial charge in [-0.05, 0) is 92.8 Å². The van der Waals surface area contributed by atoms with Gasteiger partial charge in [0, 0.05) is 99.9 Å². The van der Waals surface area contributed by atoms with E-state index in [0.717, 1.165) is 93.5 Å². The van der Waals surface area contributed by atoms with Gasteiger partial charge in [-0.2, -0.15) is 5.26 Å². The molecule has 4 aliphatic heterocycles. The second kappa shape index (κ2) is 15.6. The Morgan fingerprint density at radius 2 is 1.55 bits per heavy atom. The summed E-state index contributed by atoms with van der Waals surface area (Å²) >= 11 is 6.27. The molecule has 1 unspecified atom stereocenters. The summed E-state index contributed by atoms with van der Waals surface area (Å²) in [6.07, 6.45) is 3.94. The van der Waals surface area contributed by atoms with Gasteiger partial charge in [-0.3, -0.25) is 39.1 Å². The van der Waals surface area contributed by atoms with Gasteiger partial charge in [0.1, 0.15) is 12.1 Å². The van der Waals surface area contributed by atoms with Crippen LogP contribution in [0.4, 0.5) is 17.1 Å². The first-order chi connectivity index (χ1) is 27.1. The maximum Gasteiger partial charge on any atom is 0.262 e. The van der Waals surface area contributed by atoms with Crippen molar-refractivity contribution in [1.82, 2.24) is 20.4 Å². The molecule has 1 atom stereocenters. The van der Waals surface area contributed by atoms with E-state index in [1.54, 1.807) is 18.2 Å². The number of carbonyl (C=O) groups excluding carboxylic acids is 5. The molecule has 8 rings (SSSR count). The number of benzene rings is 3. The number of piperazine rings is 1. The lowest BCUT2D eigenvalue weighted by Crippen LogP contribution is -2.55. The second-order valence-corrected chi connectivity index (χ2v) is 16.1. The van der Waals surface area contributed by atoms with E-state index in [2.05, 4.69) is 43.4 Å². The van der Waals surface area contributed by atoms with Gasteiger partial charge in [0.05, 0.1) is 21.7 Å². The Kier molecular flexibility index (Phi) is 10.4. The first kappa shape index (κ1) is 37.5. The summed E-state index contributed by atoms with van der Waals surface area (Å²) < 4.78 is 0. The Morgan fingerprint density at radius 1 is 0.857 bits per heavy atom. The van der Waals surface area contributed by atoms with Crippen LogP contribution in [0.1, 0.15) is 75.2 Å². The lowest BCUT2D eigenvalue weighted by Gasteiger charge is -2.45. The van der Waals surface area contributed by atoms with Crippen LogP contribution in [0.15, 0.2) is 60.7 Å². The average molecular weight is 777 g/mol. The van der Waals surface area contributed by atoms with Gasteiger partial charge < -0.3 is 20.0 Å². The molecule has 0 radical (unpaired) electrons. The van der Waals surface area contributed by atoms with Crippen LogP contribution in [0.3, 0.4) is 0 Å². The van der Waals surface area contributed by atoms with Crippen molar-refractivity contribution in [2.75, 3.05) is 67.6 Å². The summed E-state index contributed by atoms with van der Waals surface area (Å²) in [6, 6.07) is 20.4. The summed E-state index contributed by atoms with van der Waals surface area (Å²) in [5, 5.41) is 15.1. The largest absolute Gasteiger partial charge is 0.372 e. The molecule has 13 nitrogen and oxygen atoms in total. The van der Waals surface area contributed by atoms with E-state index in [0.29, 0.717) is 39.2 Å². The second-order valence-electron chi connectivity index (χ2n) is 15.6. The number of anilines is 3. The fourth-order valence-corrected chi connectivity index (χ4v) is 9.05. The van der Waals surface area contributed by atoms with Crippen molar-refractivity contribution in [3.8, 4) is 6.07 Å². The molecule has 0 aromatic heterocycles. The molecule has 3 aromatic carbocycles. The zero-order valence-corrected chi connectivity index (χ0v) is 32.1. The highest BCUT2D eigenvalue weighted by Gasteiger charge is 2.45. The number of nitriles is 1. The van der Waals surface area contributed by atoms with Crippen LogP contribution in [-0.2, 0) is 9.59 Å². The number of fused-ring (bicyclic) bond motifs is 1. The lowest BCUT2D eigenvalue weighted by molar-refractivity contribution is -0.136. The van der Waals surface area contributed by atoms with Gasteiger partial charge in [0.25, 0.3) is 17.7 Å². The molecule has 3 aromatic rings. The molecule has 56 heavy (non-hydrogen) atoms. The molecule has 14 heteroatoms. The lowest BCUT2D eigenvalue weighted by atomic mass is 9.90. The van der Waals surface area contributed by atoms with E-state index < -0.39 is 29.7 Å². The molecule has 5 amide bonds. The Hall–Kier alpha value is -5.45. The predicted molar refractivity (Wildman–Crippen MR) is 212 cm³/mol. The number of amides is 5. The van der Waals surface area contributed by atoms with Crippen molar-refractivity contribution in [3.05, 3.63) is 87.9 Å². The van der Waals surface area contributed by atoms with Crippen LogP contribution in [0.2, 0.25) is 5.02 Å². The Bertz CT molecular complexity index is 2100. The molecule has 0 spiro atoms. The fourth-order valence-electron chi connectivity index (χ4n) is 8.83. The minimum Gasteiger partial charge on any atom is -0.372 e. The molecule has 1 aliphatic carbocycles. The smallest absolute Gasteiger partial charge is 0.262 e. The molecule has 2 N–H and O–H groups in total. The first-order valence-electron chi connectivity index (χ1n) is 19.5. The van der Waals surface area contributed by atoms with Crippen molar-refractivity contribution in [3.63, 3.8) is 0 Å². The fraction of sp³-hybridized carbons (Fsp3) is 0.429. The van der Waals surface area contributed by atoms with Crippen LogP contribution in [-0.4, -0.2) is 110 Å². The molecule has 290 valence electrons. The monoisotopic (exact) mass is 776 g/mol. The molecule has 0 bridgehead atoms. The van der Waals surface area contributed by atoms with Crippen molar-refractivity contribution >= 4 is 58.2 Å². The van der Waals surface area contributed by atoms with Gasteiger partial charge in [0.2, 0.25) is 11.8 Å². The summed E-state index contributed by atoms with van der Waals surface area (Å²) in [6.45, 7) is 6.39. The standard InChI is InChI=1S/C42H45ClN8O5/c1-47(32-9-4-28(22-44)36(43)21-32)30-10-5-29(6-11-30)45-39(53)27-2-7-31(8-3-27)49-18-16-48(17-19-49)23-26-24-50(25-26)33-12-13-34-35(20-33)42(56)51(41(34)55)37-14-15-38(52)46-40(37)54/h2-4,7-9,12-13,20-21,26,29-30,37H,5-6,10-11,14-19,23-25H2,1H3,(H,45,53)(H,46,52,54)/t29-,30-,37?. The third-order valence-electron chi connectivity index (χ3n) is 12.2. The topological polar surface area (TPSA) is 149 Å². The molecule has 3 saturated heterocycles. The number of nitrogens with zero attached hydrogens (tertiary/aromatic N) is 6. The summed E-state index contributed by atoms with van der Waals surface area (Å²) in [7, 11) is 2.06. The Balaban J connectivity index is 0.760. The minimum absolute atomic E-state index is 0.0410. The van der Waals surface area contributed by atoms with Crippen LogP contribution in [0, 0.1) is 17.2 Å². The maximum absolute atomic E-state index is 13.3. The van der Waals surface area contributed by atoms with Gasteiger partial charge >= 0.3 is 0 Å². The van der Waals surface area contributed by atoms with Crippen LogP contribution in [0.5, 0.6) is 0 Å². The zero-order valence-electron chi connectivity index (χ0n) is 31.4. The average Bonchev–Trinajstić information content (AvgIpc) is 3.44. The van der Waals surface area contributed by atoms with Crippen molar-refractivity contribution in [2.45, 2.75) is 56.7 Å². The van der Waals surface area contributed by atoms with Crippen molar-refractivity contribution in [1.29, 1.82) is 5.26 Å². The Labute approximate surface area is 331 Å². The maximum atomic E-state index is 13.3. The zero-order chi connectivity index (χ0) is 39.1. The third-order valence-corrected chi connectivity index (χ3v) is 12.5. The number of halogens is 1. The number of nitrogens with one attached hydrogen (secondary N) is 2. The van der Waals surface area contributed by atoms with Gasteiger partial charge in [-0.1, -0.05) is 11.6 Å². The molecule has 1 saturated carbocycles. The highest BCUT2D eigenvalue weighted by atomic mass is 35.5. The number of piperidine rings is 1. The van der Waals surface area contributed by atoms with Crippen LogP contribution < -0.4 is 25.3 Å². The molecule has 4 heterocycles. The van der Waals surface area contributed by atoms with E-state index in [1.165, 1.54) is 0 Å². The molecular formula is C42H45ClN8O5. The number of carbonyl (C=O) groups is 5. The molecule has 4 fully saturated rings. The van der Waals surface area contributed by atoms with Crippen molar-refractivity contribution in [2.24, 2.45) is 5.92 Å². The minimum atomic E-state index is -0.970. The van der Waals surface area contributed by atoms with Crippen LogP contribution >= 0.6 is 11.6 Å². The summed E-state index contributed by atoms with van der Waals surface area (Å²) in [5.41, 5.74) is 4.73. The van der Waals surface area contributed by atoms with Crippen molar-refractivity contribution < 1.29 is 24.0 Å². The van der Waals surface area contributed by atoms with E-state index in [-0.39, 0.29) is 24.8 Å². The SMILES string of the molecule is CN(c1ccc(C#N)c(Cl)c1)[C@H]1CC[C@H](NC(=O)c2ccc(N3CCN(CC4CN(c5ccc6c(c5)C(=O)N(C5CCC(=O)NC5=O)C6=O)C4)CC3)cc2)CC1. The predicted octanol–water partition coefficient (Wildman–Crippen LogP) is 4.05. The highest BCUT2D eigenvalue weighted by molar-refractivity contribution is 6.32. The van der Waals surface area contributed by atoms with Gasteiger partial charge in [-0.25, -0.2) is 0 Å². The summed E-state index contributed by atoms with van der Waals surface area (Å²) in [4.78, 5) is 73.8. The highest BCUT2D eigenvalue weighted by Crippen LogP contribution is 2.34.